The predicted molar refractivity (Wildman–Crippen MR) is 134 cm³/mol. The van der Waals surface area contributed by atoms with E-state index >= 15 is 0 Å². The topological polar surface area (TPSA) is 141 Å². The summed E-state index contributed by atoms with van der Waals surface area (Å²) in [6.07, 6.45) is -1.11. The lowest BCUT2D eigenvalue weighted by atomic mass is 9.98. The molecule has 10 heteroatoms. The molecule has 0 saturated heterocycles. The largest absolute Gasteiger partial charge is 0.480 e. The van der Waals surface area contributed by atoms with Gasteiger partial charge in [0.2, 0.25) is 11.8 Å². The number of esters is 1. The van der Waals surface area contributed by atoms with Gasteiger partial charge in [0, 0.05) is 11.5 Å². The highest BCUT2D eigenvalue weighted by Crippen LogP contribution is 2.44. The number of amides is 1. The van der Waals surface area contributed by atoms with Crippen molar-refractivity contribution < 1.29 is 33.4 Å². The zero-order chi connectivity index (χ0) is 26.6. The fourth-order valence-electron chi connectivity index (χ4n) is 4.48. The fourth-order valence-corrected chi connectivity index (χ4v) is 4.48. The van der Waals surface area contributed by atoms with Crippen LogP contribution >= 0.6 is 0 Å². The second-order valence-electron chi connectivity index (χ2n) is 8.63. The maximum absolute atomic E-state index is 12.6. The van der Waals surface area contributed by atoms with Crippen LogP contribution in [0.3, 0.4) is 0 Å². The van der Waals surface area contributed by atoms with Crippen LogP contribution in [0.2, 0.25) is 0 Å². The van der Waals surface area contributed by atoms with Crippen molar-refractivity contribution in [2.45, 2.75) is 18.4 Å². The van der Waals surface area contributed by atoms with E-state index in [9.17, 15) is 19.5 Å². The fraction of sp³-hybridized carbons (Fsp3) is 0.179. The molecule has 3 aromatic carbocycles. The minimum Gasteiger partial charge on any atom is -0.480 e. The number of carbonyl (C=O) groups is 3. The second kappa shape index (κ2) is 10.6. The molecule has 38 heavy (non-hydrogen) atoms. The minimum atomic E-state index is -1.35. The van der Waals surface area contributed by atoms with Crippen LogP contribution in [0.5, 0.6) is 0 Å². The molecule has 10 nitrogen and oxygen atoms in total. The van der Waals surface area contributed by atoms with Gasteiger partial charge in [0.25, 0.3) is 0 Å². The Morgan fingerprint density at radius 2 is 1.58 bits per heavy atom. The molecule has 2 N–H and O–H groups in total. The summed E-state index contributed by atoms with van der Waals surface area (Å²) in [5.74, 6) is -1.75. The van der Waals surface area contributed by atoms with Crippen molar-refractivity contribution in [1.29, 1.82) is 0 Å². The Morgan fingerprint density at radius 3 is 2.18 bits per heavy atom. The minimum absolute atomic E-state index is 0.0170. The quantitative estimate of drug-likeness (QED) is 0.334. The Hall–Kier alpha value is -4.99. The number of aromatic nitrogens is 2. The normalized spacial score (nSPS) is 12.8. The summed E-state index contributed by atoms with van der Waals surface area (Å²) < 4.78 is 15.7. The Labute approximate surface area is 217 Å². The van der Waals surface area contributed by atoms with Crippen LogP contribution in [0.25, 0.3) is 22.6 Å². The maximum atomic E-state index is 12.6. The van der Waals surface area contributed by atoms with Crippen LogP contribution in [0.4, 0.5) is 4.79 Å². The number of benzene rings is 3. The monoisotopic (exact) mass is 513 g/mol. The van der Waals surface area contributed by atoms with Gasteiger partial charge in [0.15, 0.2) is 0 Å². The predicted octanol–water partition coefficient (Wildman–Crippen LogP) is 4.06. The van der Waals surface area contributed by atoms with Gasteiger partial charge in [-0.05, 0) is 46.5 Å². The van der Waals surface area contributed by atoms with Crippen LogP contribution in [0.15, 0.2) is 77.2 Å². The van der Waals surface area contributed by atoms with Gasteiger partial charge < -0.3 is 24.3 Å². The summed E-state index contributed by atoms with van der Waals surface area (Å²) >= 11 is 0. The van der Waals surface area contributed by atoms with Crippen LogP contribution in [-0.4, -0.2) is 53.1 Å². The maximum Gasteiger partial charge on any atom is 0.407 e. The van der Waals surface area contributed by atoms with Crippen LogP contribution < -0.4 is 5.32 Å². The van der Waals surface area contributed by atoms with Crippen LogP contribution in [-0.2, 0) is 20.7 Å². The van der Waals surface area contributed by atoms with E-state index in [0.717, 1.165) is 22.3 Å². The lowest BCUT2D eigenvalue weighted by Crippen LogP contribution is -2.43. The summed E-state index contributed by atoms with van der Waals surface area (Å²) in [5.41, 5.74) is 5.17. The summed E-state index contributed by atoms with van der Waals surface area (Å²) in [5, 5.41) is 19.8. The van der Waals surface area contributed by atoms with Crippen LogP contribution in [0, 0.1) is 0 Å². The number of carboxylic acid groups (broad SMARTS) is 1. The zero-order valence-corrected chi connectivity index (χ0v) is 20.3. The first-order valence-electron chi connectivity index (χ1n) is 11.8. The Kier molecular flexibility index (Phi) is 6.86. The van der Waals surface area contributed by atoms with E-state index in [1.54, 1.807) is 24.3 Å². The first kappa shape index (κ1) is 24.7. The number of carbonyl (C=O) groups excluding carboxylic acids is 2. The molecule has 0 saturated carbocycles. The van der Waals surface area contributed by atoms with Crippen molar-refractivity contribution in [2.24, 2.45) is 0 Å². The Bertz CT molecular complexity index is 1450. The van der Waals surface area contributed by atoms with E-state index in [1.807, 2.05) is 48.5 Å². The number of carboxylic acids is 1. The number of alkyl carbamates (subject to hydrolysis) is 1. The van der Waals surface area contributed by atoms with Crippen molar-refractivity contribution in [3.8, 4) is 22.6 Å². The third-order valence-corrected chi connectivity index (χ3v) is 6.33. The van der Waals surface area contributed by atoms with Crippen molar-refractivity contribution in [1.82, 2.24) is 15.5 Å². The highest BCUT2D eigenvalue weighted by molar-refractivity contribution is 5.89. The average molecular weight is 514 g/mol. The molecule has 1 aliphatic rings. The average Bonchev–Trinajstić information content (AvgIpc) is 3.54. The summed E-state index contributed by atoms with van der Waals surface area (Å²) in [6, 6.07) is 20.8. The number of nitrogens with one attached hydrogen (secondary N) is 1. The van der Waals surface area contributed by atoms with Gasteiger partial charge in [-0.1, -0.05) is 48.5 Å². The number of methoxy groups -OCH3 is 1. The molecule has 0 fully saturated rings. The molecule has 4 aromatic rings. The van der Waals surface area contributed by atoms with Gasteiger partial charge in [-0.2, -0.15) is 0 Å². The molecule has 5 rings (SSSR count). The molecule has 1 heterocycles. The standard InChI is InChI=1S/C28H23N3O7/c1-36-27(34)17-12-10-16(11-13-17)25-31-30-24(38-25)14-23(26(32)33)29-28(35)37-15-22-20-8-4-2-6-18(20)19-7-3-5-9-21(19)22/h2-13,22-23H,14-15H2,1H3,(H,29,35)(H,32,33). The zero-order valence-electron chi connectivity index (χ0n) is 20.3. The molecule has 1 amide bonds. The number of hydrogen-bond acceptors (Lipinski definition) is 8. The molecule has 0 aliphatic heterocycles. The SMILES string of the molecule is COC(=O)c1ccc(-c2nnc(CC(NC(=O)OCC3c4ccccc4-c4ccccc43)C(=O)O)o2)cc1. The number of fused-ring (bicyclic) bond motifs is 3. The lowest BCUT2D eigenvalue weighted by molar-refractivity contribution is -0.139. The van der Waals surface area contributed by atoms with Crippen molar-refractivity contribution in [2.75, 3.05) is 13.7 Å². The smallest absolute Gasteiger partial charge is 0.407 e. The second-order valence-corrected chi connectivity index (χ2v) is 8.63. The highest BCUT2D eigenvalue weighted by atomic mass is 16.5. The van der Waals surface area contributed by atoms with E-state index < -0.39 is 24.1 Å². The number of rotatable bonds is 8. The Morgan fingerprint density at radius 1 is 0.947 bits per heavy atom. The molecule has 0 bridgehead atoms. The third kappa shape index (κ3) is 4.96. The van der Waals surface area contributed by atoms with Crippen LogP contribution in [0.1, 0.15) is 33.3 Å². The van der Waals surface area contributed by atoms with Gasteiger partial charge in [0.05, 0.1) is 19.1 Å². The number of hydrogen-bond donors (Lipinski definition) is 2. The molecule has 0 spiro atoms. The van der Waals surface area contributed by atoms with Crippen molar-refractivity contribution in [3.63, 3.8) is 0 Å². The van der Waals surface area contributed by atoms with Gasteiger partial charge in [0.1, 0.15) is 12.6 Å². The van der Waals surface area contributed by atoms with E-state index in [1.165, 1.54) is 7.11 Å². The molecule has 1 aliphatic carbocycles. The summed E-state index contributed by atoms with van der Waals surface area (Å²) in [6.45, 7) is 0.0540. The van der Waals surface area contributed by atoms with Gasteiger partial charge >= 0.3 is 18.0 Å². The molecular weight excluding hydrogens is 490 g/mol. The first-order valence-corrected chi connectivity index (χ1v) is 11.8. The first-order chi connectivity index (χ1) is 18.4. The number of nitrogens with zero attached hydrogens (tertiary/aromatic N) is 2. The molecule has 1 atom stereocenters. The molecule has 0 radical (unpaired) electrons. The van der Waals surface area contributed by atoms with Gasteiger partial charge in [-0.3, -0.25) is 0 Å². The summed E-state index contributed by atoms with van der Waals surface area (Å²) in [7, 11) is 1.29. The Balaban J connectivity index is 1.22. The number of aliphatic carboxylic acids is 1. The van der Waals surface area contributed by atoms with E-state index in [0.29, 0.717) is 11.1 Å². The highest BCUT2D eigenvalue weighted by Gasteiger charge is 2.30. The molecule has 1 aromatic heterocycles. The third-order valence-electron chi connectivity index (χ3n) is 6.33. The van der Waals surface area contributed by atoms with E-state index in [2.05, 4.69) is 20.3 Å². The van der Waals surface area contributed by atoms with E-state index in [4.69, 9.17) is 9.15 Å². The molecular formula is C28H23N3O7. The molecule has 1 unspecified atom stereocenters. The van der Waals surface area contributed by atoms with E-state index in [-0.39, 0.29) is 30.7 Å². The van der Waals surface area contributed by atoms with Gasteiger partial charge in [-0.25, -0.2) is 14.4 Å². The molecule has 192 valence electrons. The van der Waals surface area contributed by atoms with Crippen molar-refractivity contribution in [3.05, 3.63) is 95.4 Å². The summed E-state index contributed by atoms with van der Waals surface area (Å²) in [4.78, 5) is 36.0. The number of ether oxygens (including phenoxy) is 2. The van der Waals surface area contributed by atoms with Gasteiger partial charge in [-0.15, -0.1) is 10.2 Å². The van der Waals surface area contributed by atoms with Crippen molar-refractivity contribution >= 4 is 18.0 Å². The lowest BCUT2D eigenvalue weighted by Gasteiger charge is -2.16.